The first-order chi connectivity index (χ1) is 10.6. The summed E-state index contributed by atoms with van der Waals surface area (Å²) in [5, 5.41) is 3.86. The van der Waals surface area contributed by atoms with Crippen molar-refractivity contribution in [2.45, 2.75) is 13.8 Å². The van der Waals surface area contributed by atoms with Gasteiger partial charge in [0.1, 0.15) is 11.4 Å². The van der Waals surface area contributed by atoms with Crippen LogP contribution in [0.2, 0.25) is 0 Å². The summed E-state index contributed by atoms with van der Waals surface area (Å²) in [4.78, 5) is 15.5. The Labute approximate surface area is 129 Å². The largest absolute Gasteiger partial charge is 0.497 e. The molecule has 0 atom stereocenters. The van der Waals surface area contributed by atoms with E-state index >= 15 is 0 Å². The Kier molecular flexibility index (Phi) is 3.59. The third-order valence-corrected chi connectivity index (χ3v) is 3.84. The molecule has 22 heavy (non-hydrogen) atoms. The Bertz CT molecular complexity index is 849. The average molecular weight is 294 g/mol. The third-order valence-electron chi connectivity index (χ3n) is 3.84. The molecular weight excluding hydrogens is 276 g/mol. The molecule has 0 saturated carbocycles. The first-order valence-corrected chi connectivity index (χ1v) is 7.12. The minimum absolute atomic E-state index is 0.154. The number of benzene rings is 2. The van der Waals surface area contributed by atoms with Crippen LogP contribution in [0.25, 0.3) is 10.9 Å². The van der Waals surface area contributed by atoms with Crippen LogP contribution in [0.15, 0.2) is 42.5 Å². The summed E-state index contributed by atoms with van der Waals surface area (Å²) in [6.45, 7) is 4.08. The summed E-state index contributed by atoms with van der Waals surface area (Å²) in [5.41, 5.74) is 4.59. The molecule has 0 fully saturated rings. The first kappa shape index (κ1) is 14.2. The van der Waals surface area contributed by atoms with E-state index < -0.39 is 0 Å². The molecule has 4 heteroatoms. The van der Waals surface area contributed by atoms with Crippen LogP contribution < -0.4 is 10.1 Å². The molecule has 0 spiro atoms. The Morgan fingerprint density at radius 2 is 1.86 bits per heavy atom. The van der Waals surface area contributed by atoms with Crippen molar-refractivity contribution in [3.05, 3.63) is 59.3 Å². The molecule has 1 heterocycles. The highest BCUT2D eigenvalue weighted by Gasteiger charge is 2.10. The fourth-order valence-corrected chi connectivity index (χ4v) is 2.38. The lowest BCUT2D eigenvalue weighted by Gasteiger charge is -2.06. The zero-order valence-electron chi connectivity index (χ0n) is 12.9. The monoisotopic (exact) mass is 294 g/mol. The van der Waals surface area contributed by atoms with Crippen molar-refractivity contribution in [2.24, 2.45) is 0 Å². The molecule has 112 valence electrons. The number of hydrogen-bond donors (Lipinski definition) is 2. The maximum absolute atomic E-state index is 12.4. The number of H-pyrrole nitrogens is 1. The predicted molar refractivity (Wildman–Crippen MR) is 88.7 cm³/mol. The molecule has 2 N–H and O–H groups in total. The van der Waals surface area contributed by atoms with Crippen molar-refractivity contribution in [3.63, 3.8) is 0 Å². The van der Waals surface area contributed by atoms with E-state index in [0.29, 0.717) is 5.69 Å². The van der Waals surface area contributed by atoms with Crippen LogP contribution in [0.4, 0.5) is 5.69 Å². The number of nitrogens with one attached hydrogen (secondary N) is 2. The lowest BCUT2D eigenvalue weighted by Crippen LogP contribution is -2.12. The van der Waals surface area contributed by atoms with Crippen molar-refractivity contribution < 1.29 is 9.53 Å². The van der Waals surface area contributed by atoms with Crippen molar-refractivity contribution in [3.8, 4) is 5.75 Å². The number of ether oxygens (including phenoxy) is 1. The van der Waals surface area contributed by atoms with Crippen LogP contribution in [0.1, 0.15) is 21.6 Å². The first-order valence-electron chi connectivity index (χ1n) is 7.12. The summed E-state index contributed by atoms with van der Waals surface area (Å²) in [6, 6.07) is 13.4. The van der Waals surface area contributed by atoms with Crippen molar-refractivity contribution in [1.82, 2.24) is 4.98 Å². The van der Waals surface area contributed by atoms with Crippen LogP contribution in [0, 0.1) is 13.8 Å². The van der Waals surface area contributed by atoms with Gasteiger partial charge < -0.3 is 15.0 Å². The zero-order valence-corrected chi connectivity index (χ0v) is 12.9. The average Bonchev–Trinajstić information content (AvgIpc) is 2.94. The van der Waals surface area contributed by atoms with Crippen LogP contribution in [0.5, 0.6) is 5.75 Å². The molecular formula is C18H18N2O2. The molecule has 1 amide bonds. The fourth-order valence-electron chi connectivity index (χ4n) is 2.38. The molecule has 0 aliphatic carbocycles. The summed E-state index contributed by atoms with van der Waals surface area (Å²) < 4.78 is 5.20. The van der Waals surface area contributed by atoms with Gasteiger partial charge in [0, 0.05) is 16.6 Å². The number of aromatic nitrogens is 1. The normalized spacial score (nSPS) is 10.7. The van der Waals surface area contributed by atoms with Crippen molar-refractivity contribution >= 4 is 22.5 Å². The maximum atomic E-state index is 12.4. The minimum atomic E-state index is -0.154. The molecule has 3 aromatic rings. The van der Waals surface area contributed by atoms with Gasteiger partial charge in [0.2, 0.25) is 0 Å². The number of amides is 1. The second-order valence-corrected chi connectivity index (χ2v) is 5.39. The highest BCUT2D eigenvalue weighted by atomic mass is 16.5. The smallest absolute Gasteiger partial charge is 0.272 e. The standard InChI is InChI=1S/C18H18N2O2/c1-11-4-5-14(8-12(11)2)19-18(21)17-10-13-9-15(22-3)6-7-16(13)20-17/h4-10,20H,1-3H3,(H,19,21). The van der Waals surface area contributed by atoms with Gasteiger partial charge in [0.15, 0.2) is 0 Å². The van der Waals surface area contributed by atoms with Gasteiger partial charge in [-0.2, -0.15) is 0 Å². The fraction of sp³-hybridized carbons (Fsp3) is 0.167. The van der Waals surface area contributed by atoms with E-state index in [1.165, 1.54) is 5.56 Å². The molecule has 0 aliphatic rings. The van der Waals surface area contributed by atoms with Gasteiger partial charge in [-0.05, 0) is 61.4 Å². The topological polar surface area (TPSA) is 54.1 Å². The Morgan fingerprint density at radius 1 is 1.05 bits per heavy atom. The Hall–Kier alpha value is -2.75. The van der Waals surface area contributed by atoms with Crippen LogP contribution in [-0.4, -0.2) is 18.0 Å². The SMILES string of the molecule is COc1ccc2[nH]c(C(=O)Nc3ccc(C)c(C)c3)cc2c1. The second-order valence-electron chi connectivity index (χ2n) is 5.39. The minimum Gasteiger partial charge on any atom is -0.497 e. The molecule has 4 nitrogen and oxygen atoms in total. The number of carbonyl (C=O) groups is 1. The third kappa shape index (κ3) is 2.68. The second kappa shape index (κ2) is 5.56. The van der Waals surface area contributed by atoms with E-state index in [1.54, 1.807) is 7.11 Å². The molecule has 0 unspecified atom stereocenters. The molecule has 0 radical (unpaired) electrons. The molecule has 3 rings (SSSR count). The number of aryl methyl sites for hydroxylation is 2. The number of fused-ring (bicyclic) bond motifs is 1. The number of rotatable bonds is 3. The summed E-state index contributed by atoms with van der Waals surface area (Å²) >= 11 is 0. The van der Waals surface area contributed by atoms with Gasteiger partial charge in [0.05, 0.1) is 7.11 Å². The summed E-state index contributed by atoms with van der Waals surface area (Å²) in [5.74, 6) is 0.617. The van der Waals surface area contributed by atoms with E-state index in [9.17, 15) is 4.79 Å². The van der Waals surface area contributed by atoms with Crippen molar-refractivity contribution in [1.29, 1.82) is 0 Å². The summed E-state index contributed by atoms with van der Waals surface area (Å²) in [7, 11) is 1.63. The van der Waals surface area contributed by atoms with E-state index in [1.807, 2.05) is 56.3 Å². The van der Waals surface area contributed by atoms with E-state index in [0.717, 1.165) is 27.9 Å². The number of anilines is 1. The van der Waals surface area contributed by atoms with Crippen LogP contribution in [-0.2, 0) is 0 Å². The highest BCUT2D eigenvalue weighted by Crippen LogP contribution is 2.22. The lowest BCUT2D eigenvalue weighted by molar-refractivity contribution is 0.102. The Morgan fingerprint density at radius 3 is 2.59 bits per heavy atom. The van der Waals surface area contributed by atoms with Gasteiger partial charge >= 0.3 is 0 Å². The highest BCUT2D eigenvalue weighted by molar-refractivity contribution is 6.06. The lowest BCUT2D eigenvalue weighted by atomic mass is 10.1. The molecule has 0 aliphatic heterocycles. The van der Waals surface area contributed by atoms with Crippen molar-refractivity contribution in [2.75, 3.05) is 12.4 Å². The number of carbonyl (C=O) groups excluding carboxylic acids is 1. The van der Waals surface area contributed by atoms with Crippen LogP contribution in [0.3, 0.4) is 0 Å². The van der Waals surface area contributed by atoms with E-state index in [2.05, 4.69) is 10.3 Å². The molecule has 0 saturated heterocycles. The molecule has 2 aromatic carbocycles. The molecule has 0 bridgehead atoms. The number of methoxy groups -OCH3 is 1. The van der Waals surface area contributed by atoms with E-state index in [4.69, 9.17) is 4.74 Å². The maximum Gasteiger partial charge on any atom is 0.272 e. The quantitative estimate of drug-likeness (QED) is 0.765. The molecule has 1 aromatic heterocycles. The Balaban J connectivity index is 1.86. The van der Waals surface area contributed by atoms with Gasteiger partial charge in [0.25, 0.3) is 5.91 Å². The van der Waals surface area contributed by atoms with Crippen LogP contribution >= 0.6 is 0 Å². The number of aromatic amines is 1. The summed E-state index contributed by atoms with van der Waals surface area (Å²) in [6.07, 6.45) is 0. The van der Waals surface area contributed by atoms with Gasteiger partial charge in [-0.3, -0.25) is 4.79 Å². The van der Waals surface area contributed by atoms with Gasteiger partial charge in [-0.15, -0.1) is 0 Å². The van der Waals surface area contributed by atoms with E-state index in [-0.39, 0.29) is 5.91 Å². The van der Waals surface area contributed by atoms with Gasteiger partial charge in [-0.25, -0.2) is 0 Å². The van der Waals surface area contributed by atoms with Gasteiger partial charge in [-0.1, -0.05) is 6.07 Å². The predicted octanol–water partition coefficient (Wildman–Crippen LogP) is 4.05. The zero-order chi connectivity index (χ0) is 15.7. The number of hydrogen-bond acceptors (Lipinski definition) is 2.